The van der Waals surface area contributed by atoms with Crippen LogP contribution in [0, 0.1) is 0 Å². The summed E-state index contributed by atoms with van der Waals surface area (Å²) in [5.74, 6) is -0.433. The van der Waals surface area contributed by atoms with Crippen molar-refractivity contribution in [3.05, 3.63) is 47.2 Å². The molecule has 0 aliphatic carbocycles. The average molecular weight is 298 g/mol. The maximum Gasteiger partial charge on any atom is 0.416 e. The van der Waals surface area contributed by atoms with Crippen LogP contribution in [0.3, 0.4) is 0 Å². The molecule has 1 amide bonds. The Kier molecular flexibility index (Phi) is 3.99. The number of alkyl halides is 3. The van der Waals surface area contributed by atoms with Crippen molar-refractivity contribution in [2.24, 2.45) is 12.8 Å². The van der Waals surface area contributed by atoms with E-state index in [2.05, 4.69) is 10.4 Å². The molecule has 1 heterocycles. The lowest BCUT2D eigenvalue weighted by Gasteiger charge is -2.08. The number of nitrogens with one attached hydrogen (secondary N) is 1. The van der Waals surface area contributed by atoms with E-state index in [-0.39, 0.29) is 17.9 Å². The van der Waals surface area contributed by atoms with E-state index in [0.717, 1.165) is 12.1 Å². The molecule has 2 rings (SSSR count). The highest BCUT2D eigenvalue weighted by atomic mass is 19.4. The zero-order chi connectivity index (χ0) is 15.6. The van der Waals surface area contributed by atoms with Crippen LogP contribution in [0.4, 0.5) is 19.0 Å². The van der Waals surface area contributed by atoms with Gasteiger partial charge in [-0.1, -0.05) is 6.07 Å². The average Bonchev–Trinajstić information content (AvgIpc) is 2.78. The molecule has 0 fully saturated rings. The molecule has 1 aromatic heterocycles. The Morgan fingerprint density at radius 1 is 1.43 bits per heavy atom. The fourth-order valence-electron chi connectivity index (χ4n) is 1.81. The van der Waals surface area contributed by atoms with Crippen molar-refractivity contribution in [2.45, 2.75) is 12.7 Å². The topological polar surface area (TPSA) is 72.9 Å². The summed E-state index contributed by atoms with van der Waals surface area (Å²) in [7, 11) is 1.65. The second-order valence-corrected chi connectivity index (χ2v) is 4.41. The van der Waals surface area contributed by atoms with Gasteiger partial charge in [0.2, 0.25) is 0 Å². The standard InChI is InChI=1S/C13H13F3N4O/c1-20-7-9(6-17)11(19-20)18-12(21)8-3-2-4-10(5-8)13(14,15)16/h2-5,7H,6,17H2,1H3,(H,18,19,21). The predicted octanol–water partition coefficient (Wildman–Crippen LogP) is 2.15. The first-order chi connectivity index (χ1) is 9.81. The summed E-state index contributed by atoms with van der Waals surface area (Å²) in [4.78, 5) is 12.0. The Balaban J connectivity index is 2.24. The minimum absolute atomic E-state index is 0.0987. The van der Waals surface area contributed by atoms with Crippen LogP contribution in [0.1, 0.15) is 21.5 Å². The van der Waals surface area contributed by atoms with Crippen LogP contribution in [-0.2, 0) is 19.8 Å². The largest absolute Gasteiger partial charge is 0.416 e. The van der Waals surface area contributed by atoms with Gasteiger partial charge in [0.25, 0.3) is 5.91 Å². The van der Waals surface area contributed by atoms with Crippen molar-refractivity contribution >= 4 is 11.7 Å². The molecule has 0 radical (unpaired) electrons. The lowest BCUT2D eigenvalue weighted by molar-refractivity contribution is -0.137. The first-order valence-corrected chi connectivity index (χ1v) is 6.02. The number of nitrogens with two attached hydrogens (primary N) is 1. The van der Waals surface area contributed by atoms with E-state index in [9.17, 15) is 18.0 Å². The normalized spacial score (nSPS) is 11.5. The number of aryl methyl sites for hydroxylation is 1. The molecule has 1 aromatic carbocycles. The minimum atomic E-state index is -4.50. The number of benzene rings is 1. The number of aromatic nitrogens is 2. The van der Waals surface area contributed by atoms with E-state index >= 15 is 0 Å². The summed E-state index contributed by atoms with van der Waals surface area (Å²) in [6.07, 6.45) is -2.87. The molecular formula is C13H13F3N4O. The second kappa shape index (κ2) is 5.57. The minimum Gasteiger partial charge on any atom is -0.326 e. The number of halogens is 3. The Morgan fingerprint density at radius 3 is 2.76 bits per heavy atom. The van der Waals surface area contributed by atoms with Crippen molar-refractivity contribution in [1.29, 1.82) is 0 Å². The van der Waals surface area contributed by atoms with Gasteiger partial charge in [0, 0.05) is 30.9 Å². The molecule has 3 N–H and O–H groups in total. The summed E-state index contributed by atoms with van der Waals surface area (Å²) in [5, 5.41) is 6.46. The highest BCUT2D eigenvalue weighted by molar-refractivity contribution is 6.04. The van der Waals surface area contributed by atoms with E-state index in [4.69, 9.17) is 5.73 Å². The Hall–Kier alpha value is -2.35. The van der Waals surface area contributed by atoms with Crippen molar-refractivity contribution in [2.75, 3.05) is 5.32 Å². The first kappa shape index (κ1) is 15.0. The number of hydrogen-bond acceptors (Lipinski definition) is 3. The predicted molar refractivity (Wildman–Crippen MR) is 70.5 cm³/mol. The zero-order valence-corrected chi connectivity index (χ0v) is 11.1. The van der Waals surface area contributed by atoms with Gasteiger partial charge in [-0.05, 0) is 18.2 Å². The van der Waals surface area contributed by atoms with Gasteiger partial charge in [-0.25, -0.2) is 0 Å². The fourth-order valence-corrected chi connectivity index (χ4v) is 1.81. The highest BCUT2D eigenvalue weighted by Gasteiger charge is 2.31. The maximum atomic E-state index is 12.6. The molecule has 8 heteroatoms. The summed E-state index contributed by atoms with van der Waals surface area (Å²) in [5.41, 5.74) is 5.12. The molecule has 0 spiro atoms. The summed E-state index contributed by atoms with van der Waals surface area (Å²) < 4.78 is 39.3. The van der Waals surface area contributed by atoms with Crippen molar-refractivity contribution in [3.63, 3.8) is 0 Å². The van der Waals surface area contributed by atoms with Crippen molar-refractivity contribution < 1.29 is 18.0 Å². The quantitative estimate of drug-likeness (QED) is 0.912. The van der Waals surface area contributed by atoms with Crippen LogP contribution in [0.25, 0.3) is 0 Å². The van der Waals surface area contributed by atoms with Crippen LogP contribution >= 0.6 is 0 Å². The maximum absolute atomic E-state index is 12.6. The number of rotatable bonds is 3. The van der Waals surface area contributed by atoms with Crippen molar-refractivity contribution in [1.82, 2.24) is 9.78 Å². The third kappa shape index (κ3) is 3.40. The molecule has 21 heavy (non-hydrogen) atoms. The molecule has 0 saturated heterocycles. The van der Waals surface area contributed by atoms with E-state index in [1.807, 2.05) is 0 Å². The molecule has 5 nitrogen and oxygen atoms in total. The fraction of sp³-hybridized carbons (Fsp3) is 0.231. The number of carbonyl (C=O) groups is 1. The lowest BCUT2D eigenvalue weighted by Crippen LogP contribution is -2.15. The Labute approximate surface area is 118 Å². The molecule has 0 aliphatic heterocycles. The third-order valence-electron chi connectivity index (χ3n) is 2.81. The van der Waals surface area contributed by atoms with Crippen molar-refractivity contribution in [3.8, 4) is 0 Å². The van der Waals surface area contributed by atoms with Crippen LogP contribution < -0.4 is 11.1 Å². The van der Waals surface area contributed by atoms with E-state index in [1.54, 1.807) is 13.2 Å². The van der Waals surface area contributed by atoms with Gasteiger partial charge < -0.3 is 11.1 Å². The van der Waals surface area contributed by atoms with Gasteiger partial charge >= 0.3 is 6.18 Å². The van der Waals surface area contributed by atoms with Gasteiger partial charge in [-0.2, -0.15) is 18.3 Å². The van der Waals surface area contributed by atoms with Gasteiger partial charge in [-0.3, -0.25) is 9.48 Å². The number of hydrogen-bond donors (Lipinski definition) is 2. The van der Waals surface area contributed by atoms with Gasteiger partial charge in [0.1, 0.15) is 0 Å². The first-order valence-electron chi connectivity index (χ1n) is 6.02. The second-order valence-electron chi connectivity index (χ2n) is 4.41. The molecule has 112 valence electrons. The number of nitrogens with zero attached hydrogens (tertiary/aromatic N) is 2. The summed E-state index contributed by atoms with van der Waals surface area (Å²) >= 11 is 0. The third-order valence-corrected chi connectivity index (χ3v) is 2.81. The molecule has 0 atom stereocenters. The van der Waals surface area contributed by atoms with Gasteiger partial charge in [-0.15, -0.1) is 0 Å². The monoisotopic (exact) mass is 298 g/mol. The van der Waals surface area contributed by atoms with E-state index < -0.39 is 17.6 Å². The molecule has 0 unspecified atom stereocenters. The number of carbonyl (C=O) groups excluding carboxylic acids is 1. The molecule has 2 aromatic rings. The Bertz CT molecular complexity index is 664. The van der Waals surface area contributed by atoms with E-state index in [1.165, 1.54) is 16.8 Å². The van der Waals surface area contributed by atoms with Crippen LogP contribution in [0.2, 0.25) is 0 Å². The van der Waals surface area contributed by atoms with Crippen LogP contribution in [0.15, 0.2) is 30.5 Å². The van der Waals surface area contributed by atoms with Gasteiger partial charge in [0.15, 0.2) is 5.82 Å². The highest BCUT2D eigenvalue weighted by Crippen LogP contribution is 2.29. The lowest BCUT2D eigenvalue weighted by atomic mass is 10.1. The molecule has 0 saturated carbocycles. The number of amides is 1. The van der Waals surface area contributed by atoms with Gasteiger partial charge in [0.05, 0.1) is 5.56 Å². The van der Waals surface area contributed by atoms with E-state index in [0.29, 0.717) is 5.56 Å². The summed E-state index contributed by atoms with van der Waals surface area (Å²) in [6, 6.07) is 4.18. The van der Waals surface area contributed by atoms with Crippen LogP contribution in [0.5, 0.6) is 0 Å². The molecular weight excluding hydrogens is 285 g/mol. The SMILES string of the molecule is Cn1cc(CN)c(NC(=O)c2cccc(C(F)(F)F)c2)n1. The zero-order valence-electron chi connectivity index (χ0n) is 11.1. The Morgan fingerprint density at radius 2 is 2.14 bits per heavy atom. The molecule has 0 bridgehead atoms. The number of anilines is 1. The molecule has 0 aliphatic rings. The smallest absolute Gasteiger partial charge is 0.326 e. The van der Waals surface area contributed by atoms with Crippen LogP contribution in [-0.4, -0.2) is 15.7 Å². The summed E-state index contributed by atoms with van der Waals surface area (Å²) in [6.45, 7) is 0.159.